The van der Waals surface area contributed by atoms with E-state index in [1.165, 1.54) is 77.0 Å². The molecule has 0 fully saturated rings. The van der Waals surface area contributed by atoms with Crippen molar-refractivity contribution in [2.24, 2.45) is 5.41 Å². The predicted octanol–water partition coefficient (Wildman–Crippen LogP) is 7.40. The second-order valence-corrected chi connectivity index (χ2v) is 8.10. The average Bonchev–Trinajstić information content (AvgIpc) is 2.34. The Labute approximate surface area is 137 Å². The Hall–Kier alpha value is 0.720. The van der Waals surface area contributed by atoms with Crippen LogP contribution >= 0.6 is 21.6 Å². The molecule has 0 saturated heterocycles. The molecule has 0 rings (SSSR count). The van der Waals surface area contributed by atoms with E-state index >= 15 is 0 Å². The lowest BCUT2D eigenvalue weighted by molar-refractivity contribution is 0.370. The van der Waals surface area contributed by atoms with Crippen molar-refractivity contribution >= 4 is 21.6 Å². The van der Waals surface area contributed by atoms with E-state index in [1.807, 2.05) is 0 Å². The zero-order valence-electron chi connectivity index (χ0n) is 14.5. The van der Waals surface area contributed by atoms with E-state index in [1.54, 1.807) is 0 Å². The quantitative estimate of drug-likeness (QED) is 0.259. The molecule has 0 aliphatic rings. The van der Waals surface area contributed by atoms with Gasteiger partial charge in [-0.1, -0.05) is 98.3 Å². The van der Waals surface area contributed by atoms with Crippen molar-refractivity contribution in [3.8, 4) is 0 Å². The molecule has 0 aliphatic carbocycles. The summed E-state index contributed by atoms with van der Waals surface area (Å²) in [4.78, 5) is 0. The zero-order valence-corrected chi connectivity index (χ0v) is 16.5. The smallest absolute Gasteiger partial charge is 0.0215 e. The number of hydrogen-bond donors (Lipinski definition) is 0. The normalized spacial score (nSPS) is 13.1. The molecule has 0 amide bonds. The van der Waals surface area contributed by atoms with E-state index in [0.717, 1.165) is 5.66 Å². The van der Waals surface area contributed by atoms with E-state index in [-0.39, 0.29) is 12.4 Å². The topological polar surface area (TPSA) is 0 Å². The monoisotopic (exact) mass is 322 g/mol. The van der Waals surface area contributed by atoms with Crippen LogP contribution in [0.3, 0.4) is 0 Å². The van der Waals surface area contributed by atoms with Crippen LogP contribution in [0.25, 0.3) is 0 Å². The van der Waals surface area contributed by atoms with Crippen molar-refractivity contribution < 1.29 is 0 Å². The Morgan fingerprint density at radius 3 is 1.40 bits per heavy atom. The minimum atomic E-state index is 0. The van der Waals surface area contributed by atoms with Crippen molar-refractivity contribution in [3.63, 3.8) is 0 Å². The molecule has 0 saturated carbocycles. The van der Waals surface area contributed by atoms with Gasteiger partial charge in [0.05, 0.1) is 0 Å². The van der Waals surface area contributed by atoms with Gasteiger partial charge in [0.15, 0.2) is 0 Å². The molecular formula is C18H40ClP. The maximum atomic E-state index is 3.04. The second kappa shape index (κ2) is 14.6. The first-order valence-corrected chi connectivity index (χ1v) is 9.40. The molecule has 0 N–H and O–H groups in total. The lowest BCUT2D eigenvalue weighted by atomic mass is 9.88. The molecule has 2 heteroatoms. The summed E-state index contributed by atoms with van der Waals surface area (Å²) in [5.74, 6) is 0. The molecule has 0 aliphatic heterocycles. The van der Waals surface area contributed by atoms with Crippen molar-refractivity contribution in [3.05, 3.63) is 0 Å². The first-order chi connectivity index (χ1) is 8.98. The van der Waals surface area contributed by atoms with Crippen LogP contribution in [0.4, 0.5) is 0 Å². The lowest BCUT2D eigenvalue weighted by Crippen LogP contribution is -2.19. The molecular weight excluding hydrogens is 283 g/mol. The second-order valence-electron chi connectivity index (χ2n) is 7.30. The van der Waals surface area contributed by atoms with Gasteiger partial charge in [-0.05, 0) is 17.5 Å². The summed E-state index contributed by atoms with van der Waals surface area (Å²) in [5, 5.41) is 0. The summed E-state index contributed by atoms with van der Waals surface area (Å²) in [6.45, 7) is 9.34. The molecule has 2 unspecified atom stereocenters. The van der Waals surface area contributed by atoms with Crippen LogP contribution in [0.5, 0.6) is 0 Å². The highest BCUT2D eigenvalue weighted by Gasteiger charge is 2.19. The largest absolute Gasteiger partial charge is 0.147 e. The fourth-order valence-corrected chi connectivity index (χ4v) is 2.70. The molecule has 0 radical (unpaired) electrons. The summed E-state index contributed by atoms with van der Waals surface area (Å²) < 4.78 is 0. The molecule has 0 aromatic heterocycles. The molecule has 0 bridgehead atoms. The Balaban J connectivity index is 0. The van der Waals surface area contributed by atoms with E-state index in [0.29, 0.717) is 5.41 Å². The van der Waals surface area contributed by atoms with Crippen molar-refractivity contribution in [1.29, 1.82) is 0 Å². The minimum absolute atomic E-state index is 0. The van der Waals surface area contributed by atoms with Crippen LogP contribution in [-0.2, 0) is 0 Å². The van der Waals surface area contributed by atoms with Crippen LogP contribution < -0.4 is 0 Å². The molecule has 0 nitrogen and oxygen atoms in total. The van der Waals surface area contributed by atoms with E-state index in [9.17, 15) is 0 Å². The average molecular weight is 323 g/mol. The van der Waals surface area contributed by atoms with Gasteiger partial charge in [-0.15, -0.1) is 21.6 Å². The highest BCUT2D eigenvalue weighted by atomic mass is 35.5. The van der Waals surface area contributed by atoms with Crippen molar-refractivity contribution in [2.45, 2.75) is 110 Å². The maximum Gasteiger partial charge on any atom is -0.0215 e. The van der Waals surface area contributed by atoms with E-state index in [4.69, 9.17) is 0 Å². The molecule has 0 aromatic carbocycles. The summed E-state index contributed by atoms with van der Waals surface area (Å²) >= 11 is 0. The number of halogens is 1. The van der Waals surface area contributed by atoms with Crippen LogP contribution in [0.2, 0.25) is 0 Å². The maximum absolute atomic E-state index is 3.04. The van der Waals surface area contributed by atoms with Gasteiger partial charge >= 0.3 is 0 Å². The SMILES string of the molecule is CCCCCCCCCCCCCC(P)C(C)(C)C.Cl. The first-order valence-electron chi connectivity index (χ1n) is 8.74. The Bertz CT molecular complexity index is 186. The zero-order chi connectivity index (χ0) is 14.6. The Morgan fingerprint density at radius 1 is 0.700 bits per heavy atom. The third-order valence-electron chi connectivity index (χ3n) is 4.23. The molecule has 20 heavy (non-hydrogen) atoms. The molecule has 0 aromatic rings. The summed E-state index contributed by atoms with van der Waals surface area (Å²) in [7, 11) is 3.04. The van der Waals surface area contributed by atoms with Gasteiger partial charge in [-0.3, -0.25) is 0 Å². The van der Waals surface area contributed by atoms with Gasteiger partial charge in [-0.2, -0.15) is 0 Å². The predicted molar refractivity (Wildman–Crippen MR) is 101 cm³/mol. The van der Waals surface area contributed by atoms with Gasteiger partial charge in [0, 0.05) is 0 Å². The lowest BCUT2D eigenvalue weighted by Gasteiger charge is -2.26. The standard InChI is InChI=1S/C18H39P.ClH/c1-5-6-7-8-9-10-11-12-13-14-15-16-17(19)18(2,3)4;/h17H,5-16,19H2,1-4H3;1H. The molecule has 124 valence electrons. The first kappa shape index (κ1) is 23.0. The highest BCUT2D eigenvalue weighted by molar-refractivity contribution is 7.17. The Morgan fingerprint density at radius 2 is 1.05 bits per heavy atom. The number of hydrogen-bond acceptors (Lipinski definition) is 0. The third kappa shape index (κ3) is 15.1. The van der Waals surface area contributed by atoms with Gasteiger partial charge in [0.1, 0.15) is 0 Å². The third-order valence-corrected chi connectivity index (χ3v) is 5.56. The minimum Gasteiger partial charge on any atom is -0.147 e. The van der Waals surface area contributed by atoms with E-state index < -0.39 is 0 Å². The van der Waals surface area contributed by atoms with Crippen LogP contribution in [0, 0.1) is 5.41 Å². The number of unbranched alkanes of at least 4 members (excludes halogenated alkanes) is 10. The van der Waals surface area contributed by atoms with Gasteiger partial charge in [0.2, 0.25) is 0 Å². The highest BCUT2D eigenvalue weighted by Crippen LogP contribution is 2.30. The summed E-state index contributed by atoms with van der Waals surface area (Å²) in [6.07, 6.45) is 17.3. The van der Waals surface area contributed by atoms with Gasteiger partial charge < -0.3 is 0 Å². The fraction of sp³-hybridized carbons (Fsp3) is 1.00. The van der Waals surface area contributed by atoms with Crippen LogP contribution in [-0.4, -0.2) is 5.66 Å². The van der Waals surface area contributed by atoms with Gasteiger partial charge in [-0.25, -0.2) is 0 Å². The Kier molecular flexibility index (Phi) is 16.8. The summed E-state index contributed by atoms with van der Waals surface area (Å²) in [5.41, 5.74) is 1.24. The molecule has 0 heterocycles. The fourth-order valence-electron chi connectivity index (χ4n) is 2.46. The van der Waals surface area contributed by atoms with Crippen molar-refractivity contribution in [2.75, 3.05) is 0 Å². The van der Waals surface area contributed by atoms with Crippen molar-refractivity contribution in [1.82, 2.24) is 0 Å². The molecule has 0 spiro atoms. The van der Waals surface area contributed by atoms with E-state index in [2.05, 4.69) is 36.9 Å². The molecule has 2 atom stereocenters. The summed E-state index contributed by atoms with van der Waals surface area (Å²) in [6, 6.07) is 0. The van der Waals surface area contributed by atoms with Gasteiger partial charge in [0.25, 0.3) is 0 Å². The van der Waals surface area contributed by atoms with Crippen LogP contribution in [0.1, 0.15) is 105 Å². The van der Waals surface area contributed by atoms with Crippen LogP contribution in [0.15, 0.2) is 0 Å². The number of rotatable bonds is 12.